The van der Waals surface area contributed by atoms with Gasteiger partial charge >= 0.3 is 5.97 Å². The first-order valence-electron chi connectivity index (χ1n) is 6.65. The van der Waals surface area contributed by atoms with Crippen molar-refractivity contribution in [2.24, 2.45) is 0 Å². The normalized spacial score (nSPS) is 24.9. The lowest BCUT2D eigenvalue weighted by Crippen LogP contribution is -2.56. The lowest BCUT2D eigenvalue weighted by molar-refractivity contribution is 0.0696. The molecule has 0 bridgehead atoms. The van der Waals surface area contributed by atoms with Gasteiger partial charge in [-0.3, -0.25) is 4.90 Å². The highest BCUT2D eigenvalue weighted by Crippen LogP contribution is 2.21. The third kappa shape index (κ3) is 3.07. The van der Waals surface area contributed by atoms with Crippen LogP contribution in [0.2, 0.25) is 0 Å². The molecule has 1 fully saturated rings. The van der Waals surface area contributed by atoms with Crippen molar-refractivity contribution in [1.29, 1.82) is 0 Å². The summed E-state index contributed by atoms with van der Waals surface area (Å²) >= 11 is 0. The van der Waals surface area contributed by atoms with Gasteiger partial charge < -0.3 is 5.11 Å². The maximum Gasteiger partial charge on any atom is 0.337 e. The molecule has 7 nitrogen and oxygen atoms in total. The van der Waals surface area contributed by atoms with Crippen molar-refractivity contribution in [3.05, 3.63) is 23.9 Å². The third-order valence-electron chi connectivity index (χ3n) is 3.91. The molecule has 1 N–H and O–H groups in total. The van der Waals surface area contributed by atoms with Crippen LogP contribution in [-0.4, -0.2) is 65.9 Å². The first-order chi connectivity index (χ1) is 9.73. The predicted octanol–water partition coefficient (Wildman–Crippen LogP) is 0.493. The van der Waals surface area contributed by atoms with E-state index in [-0.39, 0.29) is 22.7 Å². The molecule has 0 saturated carbocycles. The number of sulfonamides is 1. The number of nitrogens with zero attached hydrogens (tertiary/aromatic N) is 3. The van der Waals surface area contributed by atoms with E-state index in [1.54, 1.807) is 0 Å². The minimum Gasteiger partial charge on any atom is -0.478 e. The molecule has 2 rings (SSSR count). The van der Waals surface area contributed by atoms with E-state index in [1.807, 2.05) is 20.9 Å². The molecule has 0 amide bonds. The van der Waals surface area contributed by atoms with E-state index in [2.05, 4.69) is 9.88 Å². The SMILES string of the molecule is CC1CN(S(=O)(=O)c2ccc(C(=O)O)cn2)CC(C)N1C. The number of hydrogen-bond donors (Lipinski definition) is 1. The minimum absolute atomic E-state index is 0.0333. The largest absolute Gasteiger partial charge is 0.478 e. The highest BCUT2D eigenvalue weighted by Gasteiger charge is 2.35. The lowest BCUT2D eigenvalue weighted by atomic mass is 10.1. The molecule has 0 radical (unpaired) electrons. The Hall–Kier alpha value is -1.51. The van der Waals surface area contributed by atoms with Crippen molar-refractivity contribution >= 4 is 16.0 Å². The highest BCUT2D eigenvalue weighted by atomic mass is 32.2. The summed E-state index contributed by atoms with van der Waals surface area (Å²) in [5, 5.41) is 8.71. The van der Waals surface area contributed by atoms with E-state index in [0.717, 1.165) is 6.20 Å². The fourth-order valence-corrected chi connectivity index (χ4v) is 3.86. The molecule has 1 aliphatic heterocycles. The number of hydrogen-bond acceptors (Lipinski definition) is 5. The molecule has 8 heteroatoms. The van der Waals surface area contributed by atoms with Gasteiger partial charge in [0, 0.05) is 31.4 Å². The number of aromatic carboxylic acids is 1. The van der Waals surface area contributed by atoms with E-state index < -0.39 is 16.0 Å². The number of carbonyl (C=O) groups is 1. The smallest absolute Gasteiger partial charge is 0.337 e. The topological polar surface area (TPSA) is 90.8 Å². The number of piperazine rings is 1. The molecule has 1 aromatic heterocycles. The third-order valence-corrected chi connectivity index (χ3v) is 5.66. The van der Waals surface area contributed by atoms with Crippen molar-refractivity contribution in [2.45, 2.75) is 31.0 Å². The maximum atomic E-state index is 12.6. The van der Waals surface area contributed by atoms with Crippen LogP contribution in [0.4, 0.5) is 0 Å². The Morgan fingerprint density at radius 1 is 1.29 bits per heavy atom. The number of likely N-dealkylation sites (N-methyl/N-ethyl adjacent to an activating group) is 1. The lowest BCUT2D eigenvalue weighted by Gasteiger charge is -2.41. The van der Waals surface area contributed by atoms with E-state index in [0.29, 0.717) is 13.1 Å². The minimum atomic E-state index is -3.69. The van der Waals surface area contributed by atoms with Crippen LogP contribution in [0.15, 0.2) is 23.4 Å². The second kappa shape index (κ2) is 5.70. The van der Waals surface area contributed by atoms with Gasteiger partial charge in [-0.05, 0) is 33.0 Å². The molecule has 0 aliphatic carbocycles. The van der Waals surface area contributed by atoms with Gasteiger partial charge in [-0.25, -0.2) is 18.2 Å². The van der Waals surface area contributed by atoms with Crippen molar-refractivity contribution in [1.82, 2.24) is 14.2 Å². The van der Waals surface area contributed by atoms with Gasteiger partial charge in [-0.2, -0.15) is 4.31 Å². The van der Waals surface area contributed by atoms with Gasteiger partial charge in [-0.1, -0.05) is 0 Å². The van der Waals surface area contributed by atoms with E-state index in [1.165, 1.54) is 16.4 Å². The maximum absolute atomic E-state index is 12.6. The van der Waals surface area contributed by atoms with Crippen LogP contribution in [0.5, 0.6) is 0 Å². The monoisotopic (exact) mass is 313 g/mol. The zero-order chi connectivity index (χ0) is 15.8. The van der Waals surface area contributed by atoms with Crippen molar-refractivity contribution in [3.63, 3.8) is 0 Å². The van der Waals surface area contributed by atoms with Crippen LogP contribution >= 0.6 is 0 Å². The van der Waals surface area contributed by atoms with Crippen molar-refractivity contribution in [2.75, 3.05) is 20.1 Å². The van der Waals surface area contributed by atoms with Crippen LogP contribution in [0.25, 0.3) is 0 Å². The molecule has 21 heavy (non-hydrogen) atoms. The molecule has 2 atom stereocenters. The summed E-state index contributed by atoms with van der Waals surface area (Å²) in [6.07, 6.45) is 1.07. The van der Waals surface area contributed by atoms with Crippen LogP contribution in [0, 0.1) is 0 Å². The fourth-order valence-electron chi connectivity index (χ4n) is 2.34. The number of carboxylic acid groups (broad SMARTS) is 1. The second-order valence-electron chi connectivity index (χ2n) is 5.38. The average molecular weight is 313 g/mol. The zero-order valence-corrected chi connectivity index (χ0v) is 13.0. The van der Waals surface area contributed by atoms with Crippen molar-refractivity contribution < 1.29 is 18.3 Å². The standard InChI is InChI=1S/C13H19N3O4S/c1-9-7-16(8-10(2)15(9)3)21(19,20)12-5-4-11(6-14-12)13(17)18/h4-6,9-10H,7-8H2,1-3H3,(H,17,18). The summed E-state index contributed by atoms with van der Waals surface area (Å²) in [5.74, 6) is -1.13. The summed E-state index contributed by atoms with van der Waals surface area (Å²) in [4.78, 5) is 16.7. The Morgan fingerprint density at radius 2 is 1.86 bits per heavy atom. The first-order valence-corrected chi connectivity index (χ1v) is 8.09. The second-order valence-corrected chi connectivity index (χ2v) is 7.26. The summed E-state index contributed by atoms with van der Waals surface area (Å²) in [7, 11) is -1.72. The predicted molar refractivity (Wildman–Crippen MR) is 76.6 cm³/mol. The summed E-state index contributed by atoms with van der Waals surface area (Å²) in [6, 6.07) is 2.72. The van der Waals surface area contributed by atoms with Gasteiger partial charge in [0.2, 0.25) is 0 Å². The molecule has 116 valence electrons. The molecular weight excluding hydrogens is 294 g/mol. The fraction of sp³-hybridized carbons (Fsp3) is 0.538. The summed E-state index contributed by atoms with van der Waals surface area (Å²) < 4.78 is 26.5. The van der Waals surface area contributed by atoms with Gasteiger partial charge in [0.15, 0.2) is 5.03 Å². The van der Waals surface area contributed by atoms with Crippen LogP contribution in [0.1, 0.15) is 24.2 Å². The van der Waals surface area contributed by atoms with Gasteiger partial charge in [-0.15, -0.1) is 0 Å². The van der Waals surface area contributed by atoms with Gasteiger partial charge in [0.1, 0.15) is 0 Å². The van der Waals surface area contributed by atoms with Crippen molar-refractivity contribution in [3.8, 4) is 0 Å². The van der Waals surface area contributed by atoms with E-state index in [4.69, 9.17) is 5.11 Å². The zero-order valence-electron chi connectivity index (χ0n) is 12.2. The Kier molecular flexibility index (Phi) is 4.31. The quantitative estimate of drug-likeness (QED) is 0.873. The average Bonchev–Trinajstić information content (AvgIpc) is 2.44. The number of rotatable bonds is 3. The molecule has 2 heterocycles. The van der Waals surface area contributed by atoms with Gasteiger partial charge in [0.05, 0.1) is 5.56 Å². The van der Waals surface area contributed by atoms with Crippen LogP contribution in [0.3, 0.4) is 0 Å². The molecule has 1 saturated heterocycles. The molecule has 1 aromatic rings. The molecule has 1 aliphatic rings. The first kappa shape index (κ1) is 15.9. The van der Waals surface area contributed by atoms with E-state index >= 15 is 0 Å². The number of aromatic nitrogens is 1. The Morgan fingerprint density at radius 3 is 2.29 bits per heavy atom. The molecule has 0 spiro atoms. The number of carboxylic acids is 1. The summed E-state index contributed by atoms with van der Waals surface area (Å²) in [5.41, 5.74) is -0.0333. The number of pyridine rings is 1. The molecule has 0 aromatic carbocycles. The van der Waals surface area contributed by atoms with Crippen LogP contribution < -0.4 is 0 Å². The summed E-state index contributed by atoms with van der Waals surface area (Å²) in [6.45, 7) is 4.73. The van der Waals surface area contributed by atoms with E-state index in [9.17, 15) is 13.2 Å². The Bertz CT molecular complexity index is 617. The van der Waals surface area contributed by atoms with Gasteiger partial charge in [0.25, 0.3) is 10.0 Å². The van der Waals surface area contributed by atoms with Crippen LogP contribution in [-0.2, 0) is 10.0 Å². The molecular formula is C13H19N3O4S. The Balaban J connectivity index is 2.27. The highest BCUT2D eigenvalue weighted by molar-refractivity contribution is 7.89. The molecule has 2 unspecified atom stereocenters. The Labute approximate surface area is 124 Å².